The molecule has 0 spiro atoms. The molecule has 0 bridgehead atoms. The van der Waals surface area contributed by atoms with Gasteiger partial charge in [0.05, 0.1) is 0 Å². The van der Waals surface area contributed by atoms with Crippen molar-refractivity contribution in [3.63, 3.8) is 0 Å². The van der Waals surface area contributed by atoms with Gasteiger partial charge in [0.25, 0.3) is 6.43 Å². The second kappa shape index (κ2) is 5.45. The van der Waals surface area contributed by atoms with E-state index in [9.17, 15) is 18.3 Å². The highest BCUT2D eigenvalue weighted by Gasteiger charge is 2.13. The largest absolute Gasteiger partial charge is 0.384 e. The number of benzene rings is 2. The molecule has 1 nitrogen and oxygen atoms in total. The maximum atomic E-state index is 13.4. The van der Waals surface area contributed by atoms with Crippen molar-refractivity contribution in [1.29, 1.82) is 0 Å². The zero-order valence-electron chi connectivity index (χ0n) is 10.3. The van der Waals surface area contributed by atoms with Gasteiger partial charge >= 0.3 is 0 Å². The highest BCUT2D eigenvalue weighted by molar-refractivity contribution is 5.34. The second-order valence-corrected chi connectivity index (χ2v) is 4.38. The van der Waals surface area contributed by atoms with Crippen molar-refractivity contribution in [3.8, 4) is 0 Å². The van der Waals surface area contributed by atoms with Gasteiger partial charge in [-0.2, -0.15) is 0 Å². The summed E-state index contributed by atoms with van der Waals surface area (Å²) in [6, 6.07) is 9.79. The van der Waals surface area contributed by atoms with Crippen LogP contribution in [0.25, 0.3) is 0 Å². The standard InChI is InChI=1S/C15H13F3O/c1-9-2-3-12(8-13(9)16)14(19)10-4-6-11(7-5-10)15(17)18/h2-8,14-15,19H,1H3. The molecule has 0 aliphatic rings. The quantitative estimate of drug-likeness (QED) is 0.884. The molecule has 0 heterocycles. The lowest BCUT2D eigenvalue weighted by atomic mass is 9.99. The van der Waals surface area contributed by atoms with E-state index in [4.69, 9.17) is 0 Å². The van der Waals surface area contributed by atoms with Gasteiger partial charge in [-0.1, -0.05) is 36.4 Å². The Labute approximate surface area is 109 Å². The molecule has 0 saturated heterocycles. The van der Waals surface area contributed by atoms with Crippen LogP contribution in [0.2, 0.25) is 0 Å². The minimum Gasteiger partial charge on any atom is -0.384 e. The Morgan fingerprint density at radius 3 is 1.95 bits per heavy atom. The predicted molar refractivity (Wildman–Crippen MR) is 66.6 cm³/mol. The first-order valence-corrected chi connectivity index (χ1v) is 5.81. The van der Waals surface area contributed by atoms with Crippen LogP contribution in [0, 0.1) is 12.7 Å². The molecule has 100 valence electrons. The third kappa shape index (κ3) is 2.96. The van der Waals surface area contributed by atoms with Crippen LogP contribution in [0.5, 0.6) is 0 Å². The Hall–Kier alpha value is -1.81. The van der Waals surface area contributed by atoms with E-state index in [2.05, 4.69) is 0 Å². The van der Waals surface area contributed by atoms with Crippen molar-refractivity contribution in [2.24, 2.45) is 0 Å². The SMILES string of the molecule is Cc1ccc(C(O)c2ccc(C(F)F)cc2)cc1F. The summed E-state index contributed by atoms with van der Waals surface area (Å²) in [4.78, 5) is 0. The van der Waals surface area contributed by atoms with Crippen molar-refractivity contribution >= 4 is 0 Å². The Bertz CT molecular complexity index is 564. The molecular weight excluding hydrogens is 253 g/mol. The molecule has 1 N–H and O–H groups in total. The first-order valence-electron chi connectivity index (χ1n) is 5.81. The summed E-state index contributed by atoms with van der Waals surface area (Å²) >= 11 is 0. The Balaban J connectivity index is 2.27. The average Bonchev–Trinajstić information content (AvgIpc) is 2.41. The Morgan fingerprint density at radius 1 is 0.895 bits per heavy atom. The van der Waals surface area contributed by atoms with Gasteiger partial charge in [-0.05, 0) is 29.7 Å². The van der Waals surface area contributed by atoms with E-state index in [-0.39, 0.29) is 5.56 Å². The van der Waals surface area contributed by atoms with E-state index in [1.54, 1.807) is 19.1 Å². The number of aliphatic hydroxyl groups is 1. The molecule has 0 radical (unpaired) electrons. The molecular formula is C15H13F3O. The van der Waals surface area contributed by atoms with Gasteiger partial charge in [0.2, 0.25) is 0 Å². The van der Waals surface area contributed by atoms with E-state index in [1.165, 1.54) is 30.3 Å². The number of hydrogen-bond donors (Lipinski definition) is 1. The van der Waals surface area contributed by atoms with Crippen LogP contribution in [0.3, 0.4) is 0 Å². The van der Waals surface area contributed by atoms with Crippen LogP contribution >= 0.6 is 0 Å². The summed E-state index contributed by atoms with van der Waals surface area (Å²) in [6.45, 7) is 1.63. The zero-order chi connectivity index (χ0) is 14.0. The van der Waals surface area contributed by atoms with Gasteiger partial charge in [0.15, 0.2) is 0 Å². The summed E-state index contributed by atoms with van der Waals surface area (Å²) in [5.41, 5.74) is 1.23. The van der Waals surface area contributed by atoms with Crippen LogP contribution in [-0.4, -0.2) is 5.11 Å². The van der Waals surface area contributed by atoms with Crippen LogP contribution in [0.15, 0.2) is 42.5 Å². The first-order chi connectivity index (χ1) is 8.99. The lowest BCUT2D eigenvalue weighted by molar-refractivity contribution is 0.151. The predicted octanol–water partition coefficient (Wildman–Crippen LogP) is 4.15. The Kier molecular flexibility index (Phi) is 3.90. The van der Waals surface area contributed by atoms with Gasteiger partial charge in [-0.3, -0.25) is 0 Å². The number of hydrogen-bond acceptors (Lipinski definition) is 1. The first kappa shape index (κ1) is 13.6. The fourth-order valence-electron chi connectivity index (χ4n) is 1.80. The van der Waals surface area contributed by atoms with Gasteiger partial charge in [-0.15, -0.1) is 0 Å². The van der Waals surface area contributed by atoms with Crippen LogP contribution in [0.4, 0.5) is 13.2 Å². The minimum absolute atomic E-state index is 0.106. The highest BCUT2D eigenvalue weighted by Crippen LogP contribution is 2.26. The summed E-state index contributed by atoms with van der Waals surface area (Å²) in [5, 5.41) is 10.1. The monoisotopic (exact) mass is 266 g/mol. The highest BCUT2D eigenvalue weighted by atomic mass is 19.3. The summed E-state index contributed by atoms with van der Waals surface area (Å²) in [6.07, 6.45) is -3.56. The normalized spacial score (nSPS) is 12.7. The third-order valence-electron chi connectivity index (χ3n) is 3.02. The molecule has 1 unspecified atom stereocenters. The second-order valence-electron chi connectivity index (χ2n) is 4.38. The van der Waals surface area contributed by atoms with Crippen molar-refractivity contribution < 1.29 is 18.3 Å². The molecule has 2 rings (SSSR count). The van der Waals surface area contributed by atoms with Gasteiger partial charge in [0.1, 0.15) is 11.9 Å². The van der Waals surface area contributed by atoms with Crippen LogP contribution < -0.4 is 0 Å². The van der Waals surface area contributed by atoms with E-state index < -0.39 is 18.3 Å². The van der Waals surface area contributed by atoms with Crippen molar-refractivity contribution in [1.82, 2.24) is 0 Å². The third-order valence-corrected chi connectivity index (χ3v) is 3.02. The number of alkyl halides is 2. The van der Waals surface area contributed by atoms with E-state index >= 15 is 0 Å². The number of halogens is 3. The average molecular weight is 266 g/mol. The number of aliphatic hydroxyl groups excluding tert-OH is 1. The molecule has 2 aromatic carbocycles. The maximum Gasteiger partial charge on any atom is 0.263 e. The fraction of sp³-hybridized carbons (Fsp3) is 0.200. The lowest BCUT2D eigenvalue weighted by Gasteiger charge is -2.13. The van der Waals surface area contributed by atoms with Crippen molar-refractivity contribution in [2.75, 3.05) is 0 Å². The van der Waals surface area contributed by atoms with E-state index in [0.29, 0.717) is 16.7 Å². The zero-order valence-corrected chi connectivity index (χ0v) is 10.3. The van der Waals surface area contributed by atoms with Gasteiger partial charge in [0, 0.05) is 5.56 Å². The summed E-state index contributed by atoms with van der Waals surface area (Å²) in [5.74, 6) is -0.402. The van der Waals surface area contributed by atoms with Crippen molar-refractivity contribution in [2.45, 2.75) is 19.5 Å². The molecule has 0 amide bonds. The molecule has 4 heteroatoms. The molecule has 0 aliphatic carbocycles. The van der Waals surface area contributed by atoms with Gasteiger partial charge in [-0.25, -0.2) is 13.2 Å². The summed E-state index contributed by atoms with van der Waals surface area (Å²) < 4.78 is 38.2. The molecule has 0 saturated carbocycles. The van der Waals surface area contributed by atoms with Crippen LogP contribution in [0.1, 0.15) is 34.8 Å². The minimum atomic E-state index is -2.54. The number of aryl methyl sites for hydroxylation is 1. The van der Waals surface area contributed by atoms with Gasteiger partial charge < -0.3 is 5.11 Å². The van der Waals surface area contributed by atoms with E-state index in [1.807, 2.05) is 0 Å². The number of rotatable bonds is 3. The molecule has 0 aliphatic heterocycles. The molecule has 19 heavy (non-hydrogen) atoms. The molecule has 2 aromatic rings. The molecule has 0 fully saturated rings. The smallest absolute Gasteiger partial charge is 0.263 e. The lowest BCUT2D eigenvalue weighted by Crippen LogP contribution is -2.01. The maximum absolute atomic E-state index is 13.4. The summed E-state index contributed by atoms with van der Waals surface area (Å²) in [7, 11) is 0. The fourth-order valence-corrected chi connectivity index (χ4v) is 1.80. The topological polar surface area (TPSA) is 20.2 Å². The van der Waals surface area contributed by atoms with E-state index in [0.717, 1.165) is 0 Å². The molecule has 1 atom stereocenters. The van der Waals surface area contributed by atoms with Crippen molar-refractivity contribution in [3.05, 3.63) is 70.5 Å². The molecule has 0 aromatic heterocycles. The van der Waals surface area contributed by atoms with Crippen LogP contribution in [-0.2, 0) is 0 Å². The Morgan fingerprint density at radius 2 is 1.42 bits per heavy atom.